The molecule has 0 radical (unpaired) electrons. The van der Waals surface area contributed by atoms with Crippen molar-refractivity contribution in [1.29, 1.82) is 0 Å². The first-order valence-corrected chi connectivity index (χ1v) is 8.53. The Balaban J connectivity index is 1.71. The monoisotopic (exact) mass is 347 g/mol. The third kappa shape index (κ3) is 6.19. The van der Waals surface area contributed by atoms with Crippen molar-refractivity contribution >= 4 is 23.5 Å². The molecule has 25 heavy (non-hydrogen) atoms. The number of hydrogen-bond acceptors (Lipinski definition) is 4. The fourth-order valence-electron chi connectivity index (χ4n) is 2.81. The number of carbonyl (C=O) groups is 3. The molecule has 1 aliphatic heterocycles. The number of amides is 2. The van der Waals surface area contributed by atoms with Crippen molar-refractivity contribution < 1.29 is 19.5 Å². The van der Waals surface area contributed by atoms with E-state index < -0.39 is 5.97 Å². The number of hydrogen-bond donors (Lipinski definition) is 2. The maximum absolute atomic E-state index is 12.2. The van der Waals surface area contributed by atoms with Crippen molar-refractivity contribution in [2.75, 3.05) is 38.0 Å². The quantitative estimate of drug-likeness (QED) is 0.777. The van der Waals surface area contributed by atoms with Crippen molar-refractivity contribution in [2.24, 2.45) is 0 Å². The summed E-state index contributed by atoms with van der Waals surface area (Å²) in [4.78, 5) is 38.4. The van der Waals surface area contributed by atoms with Gasteiger partial charge in [0.15, 0.2) is 0 Å². The molecule has 136 valence electrons. The maximum Gasteiger partial charge on any atom is 0.303 e. The number of aryl methyl sites for hydroxylation is 1. The van der Waals surface area contributed by atoms with E-state index in [-0.39, 0.29) is 24.7 Å². The fourth-order valence-corrected chi connectivity index (χ4v) is 2.81. The zero-order valence-electron chi connectivity index (χ0n) is 14.5. The molecule has 2 rings (SSSR count). The Kier molecular flexibility index (Phi) is 6.94. The number of piperazine rings is 1. The number of carboxylic acids is 1. The van der Waals surface area contributed by atoms with E-state index >= 15 is 0 Å². The highest BCUT2D eigenvalue weighted by atomic mass is 16.4. The highest BCUT2D eigenvalue weighted by Gasteiger charge is 2.22. The van der Waals surface area contributed by atoms with Gasteiger partial charge in [-0.1, -0.05) is 18.2 Å². The molecule has 1 aromatic carbocycles. The van der Waals surface area contributed by atoms with Crippen LogP contribution in [0.3, 0.4) is 0 Å². The number of nitrogens with one attached hydrogen (secondary N) is 1. The van der Waals surface area contributed by atoms with Crippen LogP contribution in [0.5, 0.6) is 0 Å². The van der Waals surface area contributed by atoms with Crippen LogP contribution in [0, 0.1) is 6.92 Å². The van der Waals surface area contributed by atoms with E-state index in [1.807, 2.05) is 36.1 Å². The molecule has 0 spiro atoms. The Labute approximate surface area is 147 Å². The summed E-state index contributed by atoms with van der Waals surface area (Å²) >= 11 is 0. The van der Waals surface area contributed by atoms with Crippen molar-refractivity contribution in [3.05, 3.63) is 29.8 Å². The summed E-state index contributed by atoms with van der Waals surface area (Å²) in [6.45, 7) is 4.69. The molecule has 1 aromatic rings. The summed E-state index contributed by atoms with van der Waals surface area (Å²) in [6, 6.07) is 7.64. The maximum atomic E-state index is 12.2. The van der Waals surface area contributed by atoms with Gasteiger partial charge in [-0.15, -0.1) is 0 Å². The number of benzene rings is 1. The molecule has 2 amide bonds. The van der Waals surface area contributed by atoms with Gasteiger partial charge in [-0.05, 0) is 25.0 Å². The predicted molar refractivity (Wildman–Crippen MR) is 94.3 cm³/mol. The second kappa shape index (κ2) is 9.17. The molecule has 0 bridgehead atoms. The van der Waals surface area contributed by atoms with Gasteiger partial charge in [0.2, 0.25) is 11.8 Å². The lowest BCUT2D eigenvalue weighted by molar-refractivity contribution is -0.137. The van der Waals surface area contributed by atoms with Crippen LogP contribution in [0.25, 0.3) is 0 Å². The van der Waals surface area contributed by atoms with Crippen LogP contribution in [0.1, 0.15) is 24.8 Å². The Bertz CT molecular complexity index is 625. The van der Waals surface area contributed by atoms with Crippen LogP contribution >= 0.6 is 0 Å². The zero-order chi connectivity index (χ0) is 18.2. The van der Waals surface area contributed by atoms with Gasteiger partial charge in [0.25, 0.3) is 0 Å². The molecule has 0 unspecified atom stereocenters. The summed E-state index contributed by atoms with van der Waals surface area (Å²) < 4.78 is 0. The first kappa shape index (κ1) is 18.9. The molecular formula is C18H25N3O4. The van der Waals surface area contributed by atoms with E-state index in [0.717, 1.165) is 11.3 Å². The van der Waals surface area contributed by atoms with Crippen LogP contribution in [0.4, 0.5) is 5.69 Å². The number of aliphatic carboxylic acids is 1. The third-order valence-electron chi connectivity index (χ3n) is 4.29. The van der Waals surface area contributed by atoms with Crippen molar-refractivity contribution in [3.63, 3.8) is 0 Å². The van der Waals surface area contributed by atoms with Crippen LogP contribution < -0.4 is 5.32 Å². The topological polar surface area (TPSA) is 90.0 Å². The molecule has 2 N–H and O–H groups in total. The molecule has 1 saturated heterocycles. The van der Waals surface area contributed by atoms with Gasteiger partial charge in [-0.2, -0.15) is 0 Å². The van der Waals surface area contributed by atoms with E-state index in [0.29, 0.717) is 39.1 Å². The Morgan fingerprint density at radius 2 is 1.76 bits per heavy atom. The number of anilines is 1. The lowest BCUT2D eigenvalue weighted by Gasteiger charge is -2.34. The molecule has 7 heteroatoms. The molecule has 1 fully saturated rings. The largest absolute Gasteiger partial charge is 0.481 e. The van der Waals surface area contributed by atoms with E-state index in [4.69, 9.17) is 5.11 Å². The fraction of sp³-hybridized carbons (Fsp3) is 0.500. The van der Waals surface area contributed by atoms with Gasteiger partial charge in [-0.3, -0.25) is 19.3 Å². The number of para-hydroxylation sites is 1. The normalized spacial score (nSPS) is 15.0. The summed E-state index contributed by atoms with van der Waals surface area (Å²) in [6.07, 6.45) is 0.651. The molecule has 0 saturated carbocycles. The SMILES string of the molecule is Cc1ccccc1NC(=O)CN1CCN(C(=O)CCCC(=O)O)CC1. The molecule has 1 aliphatic rings. The summed E-state index contributed by atoms with van der Waals surface area (Å²) in [5, 5.41) is 11.5. The van der Waals surface area contributed by atoms with Crippen molar-refractivity contribution in [2.45, 2.75) is 26.2 Å². The average molecular weight is 347 g/mol. The average Bonchev–Trinajstić information content (AvgIpc) is 2.57. The molecule has 1 heterocycles. The minimum atomic E-state index is -0.878. The lowest BCUT2D eigenvalue weighted by Crippen LogP contribution is -2.50. The van der Waals surface area contributed by atoms with Crippen molar-refractivity contribution in [1.82, 2.24) is 9.80 Å². The Morgan fingerprint density at radius 1 is 1.08 bits per heavy atom. The van der Waals surface area contributed by atoms with Crippen LogP contribution in [0.15, 0.2) is 24.3 Å². The second-order valence-corrected chi connectivity index (χ2v) is 6.27. The number of carbonyl (C=O) groups excluding carboxylic acids is 2. The van der Waals surface area contributed by atoms with Crippen LogP contribution in [-0.4, -0.2) is 65.4 Å². The van der Waals surface area contributed by atoms with Crippen LogP contribution in [0.2, 0.25) is 0 Å². The van der Waals surface area contributed by atoms with E-state index in [1.54, 1.807) is 4.90 Å². The number of rotatable bonds is 7. The molecule has 0 aliphatic carbocycles. The Hall–Kier alpha value is -2.41. The molecule has 0 aromatic heterocycles. The summed E-state index contributed by atoms with van der Waals surface area (Å²) in [5.41, 5.74) is 1.84. The minimum Gasteiger partial charge on any atom is -0.481 e. The predicted octanol–water partition coefficient (Wildman–Crippen LogP) is 1.33. The highest BCUT2D eigenvalue weighted by molar-refractivity contribution is 5.93. The number of nitrogens with zero attached hydrogens (tertiary/aromatic N) is 2. The Morgan fingerprint density at radius 3 is 2.40 bits per heavy atom. The smallest absolute Gasteiger partial charge is 0.303 e. The zero-order valence-corrected chi connectivity index (χ0v) is 14.5. The number of carboxylic acid groups (broad SMARTS) is 1. The molecule has 7 nitrogen and oxygen atoms in total. The van der Waals surface area contributed by atoms with Crippen molar-refractivity contribution in [3.8, 4) is 0 Å². The lowest BCUT2D eigenvalue weighted by atomic mass is 10.2. The first-order chi connectivity index (χ1) is 12.0. The van der Waals surface area contributed by atoms with E-state index in [9.17, 15) is 14.4 Å². The third-order valence-corrected chi connectivity index (χ3v) is 4.29. The van der Waals surface area contributed by atoms with E-state index in [1.165, 1.54) is 0 Å². The van der Waals surface area contributed by atoms with E-state index in [2.05, 4.69) is 5.32 Å². The standard InChI is InChI=1S/C18H25N3O4/c1-14-5-2-3-6-15(14)19-16(22)13-20-9-11-21(12-10-20)17(23)7-4-8-18(24)25/h2-3,5-6H,4,7-13H2,1H3,(H,19,22)(H,24,25). The van der Waals surface area contributed by atoms with Gasteiger partial charge in [0.05, 0.1) is 6.54 Å². The minimum absolute atomic E-state index is 0.00902. The second-order valence-electron chi connectivity index (χ2n) is 6.27. The highest BCUT2D eigenvalue weighted by Crippen LogP contribution is 2.13. The van der Waals surface area contributed by atoms with Crippen LogP contribution in [-0.2, 0) is 14.4 Å². The van der Waals surface area contributed by atoms with Gasteiger partial charge in [-0.25, -0.2) is 0 Å². The van der Waals surface area contributed by atoms with Gasteiger partial charge in [0, 0.05) is 44.7 Å². The van der Waals surface area contributed by atoms with Gasteiger partial charge < -0.3 is 15.3 Å². The molecule has 0 atom stereocenters. The first-order valence-electron chi connectivity index (χ1n) is 8.53. The molecular weight excluding hydrogens is 322 g/mol. The van der Waals surface area contributed by atoms with Gasteiger partial charge in [0.1, 0.15) is 0 Å². The summed E-state index contributed by atoms with van der Waals surface area (Å²) in [5.74, 6) is -0.946. The summed E-state index contributed by atoms with van der Waals surface area (Å²) in [7, 11) is 0. The van der Waals surface area contributed by atoms with Gasteiger partial charge >= 0.3 is 5.97 Å².